The highest BCUT2D eigenvalue weighted by Crippen LogP contribution is 2.31. The standard InChI is InChI=1S/C14H19N3O2/c1-15-14(19)16-13(18)10-17-9-5-8-12(17)11-6-3-2-4-7-11/h2-4,6-7,12H,5,8-10H2,1H3,(H2,15,16,18,19)/t12-/m0/s1. The lowest BCUT2D eigenvalue weighted by Crippen LogP contribution is -2.43. The van der Waals surface area contributed by atoms with Crippen LogP contribution in [0.5, 0.6) is 0 Å². The van der Waals surface area contributed by atoms with E-state index < -0.39 is 6.03 Å². The number of carbonyl (C=O) groups excluding carboxylic acids is 2. The number of nitrogens with one attached hydrogen (secondary N) is 2. The highest BCUT2D eigenvalue weighted by molar-refractivity contribution is 5.95. The van der Waals surface area contributed by atoms with Crippen molar-refractivity contribution in [2.24, 2.45) is 0 Å². The van der Waals surface area contributed by atoms with Gasteiger partial charge in [-0.15, -0.1) is 0 Å². The Labute approximate surface area is 113 Å². The molecule has 1 fully saturated rings. The molecule has 102 valence electrons. The number of amides is 3. The predicted molar refractivity (Wildman–Crippen MR) is 72.6 cm³/mol. The molecule has 5 heteroatoms. The fourth-order valence-electron chi connectivity index (χ4n) is 2.48. The van der Waals surface area contributed by atoms with Crippen LogP contribution in [-0.4, -0.2) is 37.0 Å². The summed E-state index contributed by atoms with van der Waals surface area (Å²) in [5.41, 5.74) is 1.23. The Morgan fingerprint density at radius 3 is 2.74 bits per heavy atom. The smallest absolute Gasteiger partial charge is 0.321 e. The van der Waals surface area contributed by atoms with Crippen molar-refractivity contribution in [2.75, 3.05) is 20.1 Å². The van der Waals surface area contributed by atoms with E-state index in [0.29, 0.717) is 0 Å². The Morgan fingerprint density at radius 1 is 1.32 bits per heavy atom. The van der Waals surface area contributed by atoms with Gasteiger partial charge in [-0.2, -0.15) is 0 Å². The van der Waals surface area contributed by atoms with E-state index in [9.17, 15) is 9.59 Å². The molecule has 5 nitrogen and oxygen atoms in total. The van der Waals surface area contributed by atoms with Crippen LogP contribution < -0.4 is 10.6 Å². The molecule has 0 bridgehead atoms. The van der Waals surface area contributed by atoms with E-state index in [1.165, 1.54) is 12.6 Å². The molecule has 1 aromatic rings. The summed E-state index contributed by atoms with van der Waals surface area (Å²) in [5, 5.41) is 4.67. The van der Waals surface area contributed by atoms with Crippen molar-refractivity contribution in [1.82, 2.24) is 15.5 Å². The zero-order valence-corrected chi connectivity index (χ0v) is 11.1. The Hall–Kier alpha value is -1.88. The van der Waals surface area contributed by atoms with Gasteiger partial charge in [-0.1, -0.05) is 30.3 Å². The molecule has 0 aliphatic carbocycles. The lowest BCUT2D eigenvalue weighted by molar-refractivity contribution is -0.121. The van der Waals surface area contributed by atoms with Crippen molar-refractivity contribution in [3.8, 4) is 0 Å². The molecule has 0 radical (unpaired) electrons. The normalized spacial score (nSPS) is 19.1. The highest BCUT2D eigenvalue weighted by atomic mass is 16.2. The van der Waals surface area contributed by atoms with Crippen LogP contribution in [0.1, 0.15) is 24.4 Å². The number of urea groups is 1. The van der Waals surface area contributed by atoms with Gasteiger partial charge in [0.05, 0.1) is 6.54 Å². The van der Waals surface area contributed by atoms with Crippen LogP contribution in [0.25, 0.3) is 0 Å². The number of likely N-dealkylation sites (tertiary alicyclic amines) is 1. The Bertz CT molecular complexity index is 447. The van der Waals surface area contributed by atoms with Crippen LogP contribution in [0.3, 0.4) is 0 Å². The molecule has 1 saturated heterocycles. The number of nitrogens with zero attached hydrogens (tertiary/aromatic N) is 1. The van der Waals surface area contributed by atoms with E-state index in [1.54, 1.807) is 0 Å². The molecule has 2 N–H and O–H groups in total. The van der Waals surface area contributed by atoms with Gasteiger partial charge in [-0.25, -0.2) is 4.79 Å². The second kappa shape index (κ2) is 6.33. The first-order chi connectivity index (χ1) is 9.20. The van der Waals surface area contributed by atoms with E-state index in [4.69, 9.17) is 0 Å². The van der Waals surface area contributed by atoms with Gasteiger partial charge < -0.3 is 5.32 Å². The lowest BCUT2D eigenvalue weighted by Gasteiger charge is -2.23. The van der Waals surface area contributed by atoms with Crippen molar-refractivity contribution in [1.29, 1.82) is 0 Å². The summed E-state index contributed by atoms with van der Waals surface area (Å²) < 4.78 is 0. The third-order valence-corrected chi connectivity index (χ3v) is 3.37. The monoisotopic (exact) mass is 261 g/mol. The Morgan fingerprint density at radius 2 is 2.05 bits per heavy atom. The van der Waals surface area contributed by atoms with Crippen LogP contribution in [-0.2, 0) is 4.79 Å². The van der Waals surface area contributed by atoms with Gasteiger partial charge in [0.25, 0.3) is 0 Å². The van der Waals surface area contributed by atoms with Crippen LogP contribution >= 0.6 is 0 Å². The van der Waals surface area contributed by atoms with Crippen LogP contribution in [0.15, 0.2) is 30.3 Å². The van der Waals surface area contributed by atoms with Crippen LogP contribution in [0, 0.1) is 0 Å². The van der Waals surface area contributed by atoms with Crippen LogP contribution in [0.4, 0.5) is 4.79 Å². The van der Waals surface area contributed by atoms with Gasteiger partial charge in [-0.05, 0) is 24.9 Å². The van der Waals surface area contributed by atoms with Crippen LogP contribution in [0.2, 0.25) is 0 Å². The predicted octanol–water partition coefficient (Wildman–Crippen LogP) is 1.28. The fraction of sp³-hybridized carbons (Fsp3) is 0.429. The lowest BCUT2D eigenvalue weighted by atomic mass is 10.0. The Kier molecular flexibility index (Phi) is 4.52. The second-order valence-electron chi connectivity index (χ2n) is 4.67. The molecule has 1 atom stereocenters. The molecule has 19 heavy (non-hydrogen) atoms. The van der Waals surface area contributed by atoms with E-state index in [-0.39, 0.29) is 18.5 Å². The Balaban J connectivity index is 1.96. The molecule has 1 aliphatic rings. The molecular weight excluding hydrogens is 242 g/mol. The average molecular weight is 261 g/mol. The average Bonchev–Trinajstić information content (AvgIpc) is 2.87. The summed E-state index contributed by atoms with van der Waals surface area (Å²) in [4.78, 5) is 24.9. The summed E-state index contributed by atoms with van der Waals surface area (Å²) in [6.45, 7) is 1.15. The third kappa shape index (κ3) is 3.54. The molecule has 2 rings (SSSR count). The number of hydrogen-bond donors (Lipinski definition) is 2. The number of imide groups is 1. The molecule has 0 aromatic heterocycles. The van der Waals surface area contributed by atoms with E-state index in [0.717, 1.165) is 19.4 Å². The molecule has 3 amide bonds. The van der Waals surface area contributed by atoms with Crippen molar-refractivity contribution in [2.45, 2.75) is 18.9 Å². The van der Waals surface area contributed by atoms with Gasteiger partial charge >= 0.3 is 6.03 Å². The van der Waals surface area contributed by atoms with Crippen molar-refractivity contribution in [3.63, 3.8) is 0 Å². The van der Waals surface area contributed by atoms with Crippen molar-refractivity contribution < 1.29 is 9.59 Å². The van der Waals surface area contributed by atoms with E-state index in [1.807, 2.05) is 18.2 Å². The summed E-state index contributed by atoms with van der Waals surface area (Å²) in [6.07, 6.45) is 2.13. The zero-order valence-electron chi connectivity index (χ0n) is 11.1. The maximum absolute atomic E-state index is 11.7. The minimum Gasteiger partial charge on any atom is -0.341 e. The highest BCUT2D eigenvalue weighted by Gasteiger charge is 2.27. The number of carbonyl (C=O) groups is 2. The number of benzene rings is 1. The molecular formula is C14H19N3O2. The summed E-state index contributed by atoms with van der Waals surface area (Å²) in [7, 11) is 1.49. The second-order valence-corrected chi connectivity index (χ2v) is 4.67. The summed E-state index contributed by atoms with van der Waals surface area (Å²) in [6, 6.07) is 9.99. The fourth-order valence-corrected chi connectivity index (χ4v) is 2.48. The minimum atomic E-state index is -0.458. The maximum Gasteiger partial charge on any atom is 0.321 e. The molecule has 1 aromatic carbocycles. The topological polar surface area (TPSA) is 61.4 Å². The molecule has 0 spiro atoms. The zero-order chi connectivity index (χ0) is 13.7. The summed E-state index contributed by atoms with van der Waals surface area (Å²) >= 11 is 0. The third-order valence-electron chi connectivity index (χ3n) is 3.37. The SMILES string of the molecule is CNC(=O)NC(=O)CN1CCC[C@H]1c1ccccc1. The summed E-state index contributed by atoms with van der Waals surface area (Å²) in [5.74, 6) is -0.262. The molecule has 1 heterocycles. The largest absolute Gasteiger partial charge is 0.341 e. The van der Waals surface area contributed by atoms with Crippen molar-refractivity contribution in [3.05, 3.63) is 35.9 Å². The van der Waals surface area contributed by atoms with Gasteiger partial charge in [0.15, 0.2) is 0 Å². The van der Waals surface area contributed by atoms with E-state index >= 15 is 0 Å². The quantitative estimate of drug-likeness (QED) is 0.861. The van der Waals surface area contributed by atoms with Gasteiger partial charge in [-0.3, -0.25) is 15.0 Å². The van der Waals surface area contributed by atoms with Crippen molar-refractivity contribution >= 4 is 11.9 Å². The molecule has 1 aliphatic heterocycles. The van der Waals surface area contributed by atoms with Gasteiger partial charge in [0, 0.05) is 13.1 Å². The van der Waals surface area contributed by atoms with Gasteiger partial charge in [0.2, 0.25) is 5.91 Å². The molecule has 0 unspecified atom stereocenters. The first kappa shape index (κ1) is 13.5. The van der Waals surface area contributed by atoms with Gasteiger partial charge in [0.1, 0.15) is 0 Å². The number of rotatable bonds is 3. The first-order valence-corrected chi connectivity index (χ1v) is 6.51. The number of hydrogen-bond acceptors (Lipinski definition) is 3. The minimum absolute atomic E-state index is 0.257. The maximum atomic E-state index is 11.7. The van der Waals surface area contributed by atoms with E-state index in [2.05, 4.69) is 27.7 Å². The molecule has 0 saturated carbocycles. The first-order valence-electron chi connectivity index (χ1n) is 6.51.